The van der Waals surface area contributed by atoms with Gasteiger partial charge in [-0.2, -0.15) is 0 Å². The van der Waals surface area contributed by atoms with Crippen molar-refractivity contribution in [3.8, 4) is 0 Å². The van der Waals surface area contributed by atoms with Gasteiger partial charge in [0.1, 0.15) is 5.15 Å². The number of halogens is 1. The van der Waals surface area contributed by atoms with Crippen molar-refractivity contribution >= 4 is 23.5 Å². The summed E-state index contributed by atoms with van der Waals surface area (Å²) < 4.78 is 9.87. The van der Waals surface area contributed by atoms with Crippen LogP contribution in [0.25, 0.3) is 0 Å². The maximum atomic E-state index is 12.2. The summed E-state index contributed by atoms with van der Waals surface area (Å²) in [4.78, 5) is 29.0. The van der Waals surface area contributed by atoms with Crippen molar-refractivity contribution in [2.75, 3.05) is 26.8 Å². The molecule has 1 saturated heterocycles. The van der Waals surface area contributed by atoms with Gasteiger partial charge < -0.3 is 14.4 Å². The van der Waals surface area contributed by atoms with Gasteiger partial charge in [-0.05, 0) is 12.1 Å². The maximum Gasteiger partial charge on any atom is 0.336 e. The molecule has 1 unspecified atom stereocenters. The Labute approximate surface area is 115 Å². The fraction of sp³-hybridized carbons (Fsp3) is 0.417. The largest absolute Gasteiger partial charge is 0.467 e. The topological polar surface area (TPSA) is 68.7 Å². The number of hydrogen-bond donors (Lipinski definition) is 0. The predicted molar refractivity (Wildman–Crippen MR) is 66.9 cm³/mol. The highest BCUT2D eigenvalue weighted by Gasteiger charge is 2.30. The Morgan fingerprint density at radius 1 is 1.53 bits per heavy atom. The number of morpholine rings is 1. The number of aromatic nitrogens is 1. The highest BCUT2D eigenvalue weighted by molar-refractivity contribution is 6.29. The summed E-state index contributed by atoms with van der Waals surface area (Å²) in [7, 11) is 1.29. The minimum Gasteiger partial charge on any atom is -0.467 e. The van der Waals surface area contributed by atoms with Gasteiger partial charge in [-0.15, -0.1) is 0 Å². The molecule has 2 rings (SSSR count). The molecular weight excluding hydrogens is 272 g/mol. The zero-order chi connectivity index (χ0) is 13.8. The van der Waals surface area contributed by atoms with Crippen LogP contribution in [-0.4, -0.2) is 54.7 Å². The third-order valence-corrected chi connectivity index (χ3v) is 3.02. The lowest BCUT2D eigenvalue weighted by Gasteiger charge is -2.31. The highest BCUT2D eigenvalue weighted by atomic mass is 35.5. The summed E-state index contributed by atoms with van der Waals surface area (Å²) in [5, 5.41) is 0.325. The number of hydrogen-bond acceptors (Lipinski definition) is 5. The van der Waals surface area contributed by atoms with Crippen LogP contribution < -0.4 is 0 Å². The number of carbonyl (C=O) groups is 2. The van der Waals surface area contributed by atoms with Crippen molar-refractivity contribution in [2.45, 2.75) is 6.10 Å². The SMILES string of the molecule is COC(=O)C1CN(C(=O)c2ccc(Cl)nc2)CCO1. The van der Waals surface area contributed by atoms with E-state index in [1.54, 1.807) is 12.1 Å². The smallest absolute Gasteiger partial charge is 0.336 e. The van der Waals surface area contributed by atoms with E-state index in [0.717, 1.165) is 0 Å². The number of rotatable bonds is 2. The second-order valence-corrected chi connectivity index (χ2v) is 4.39. The minimum absolute atomic E-state index is 0.175. The first-order chi connectivity index (χ1) is 9.11. The molecule has 7 heteroatoms. The van der Waals surface area contributed by atoms with E-state index in [2.05, 4.69) is 9.72 Å². The molecule has 0 saturated carbocycles. The van der Waals surface area contributed by atoms with Gasteiger partial charge in [0.2, 0.25) is 0 Å². The van der Waals surface area contributed by atoms with E-state index >= 15 is 0 Å². The molecule has 0 N–H and O–H groups in total. The average molecular weight is 285 g/mol. The molecular formula is C12H13ClN2O4. The van der Waals surface area contributed by atoms with Gasteiger partial charge in [-0.25, -0.2) is 9.78 Å². The van der Waals surface area contributed by atoms with Crippen LogP contribution in [0.3, 0.4) is 0 Å². The fourth-order valence-corrected chi connectivity index (χ4v) is 1.90. The molecule has 1 atom stereocenters. The summed E-state index contributed by atoms with van der Waals surface area (Å²) in [6.45, 7) is 0.898. The van der Waals surface area contributed by atoms with Crippen molar-refractivity contribution in [3.05, 3.63) is 29.0 Å². The van der Waals surface area contributed by atoms with Gasteiger partial charge in [-0.3, -0.25) is 4.79 Å². The molecule has 0 bridgehead atoms. The van der Waals surface area contributed by atoms with Crippen LogP contribution in [0.15, 0.2) is 18.3 Å². The predicted octanol–water partition coefficient (Wildman–Crippen LogP) is 0.749. The summed E-state index contributed by atoms with van der Waals surface area (Å²) in [5.74, 6) is -0.687. The van der Waals surface area contributed by atoms with Crippen molar-refractivity contribution in [1.29, 1.82) is 0 Å². The van der Waals surface area contributed by atoms with Gasteiger partial charge in [0.05, 0.1) is 25.8 Å². The Bertz CT molecular complexity index is 477. The number of pyridine rings is 1. The van der Waals surface area contributed by atoms with Crippen molar-refractivity contribution in [3.63, 3.8) is 0 Å². The van der Waals surface area contributed by atoms with E-state index < -0.39 is 12.1 Å². The van der Waals surface area contributed by atoms with Crippen molar-refractivity contribution in [1.82, 2.24) is 9.88 Å². The number of nitrogens with zero attached hydrogens (tertiary/aromatic N) is 2. The van der Waals surface area contributed by atoms with Gasteiger partial charge in [0, 0.05) is 12.7 Å². The van der Waals surface area contributed by atoms with Crippen molar-refractivity contribution in [2.24, 2.45) is 0 Å². The monoisotopic (exact) mass is 284 g/mol. The molecule has 0 spiro atoms. The second kappa shape index (κ2) is 5.99. The average Bonchev–Trinajstić information content (AvgIpc) is 2.46. The third kappa shape index (κ3) is 3.21. The molecule has 1 fully saturated rings. The minimum atomic E-state index is -0.733. The Kier molecular flexibility index (Phi) is 4.34. The number of ether oxygens (including phenoxy) is 2. The number of esters is 1. The standard InChI is InChI=1S/C12H13ClN2O4/c1-18-12(17)9-7-15(4-5-19-9)11(16)8-2-3-10(13)14-6-8/h2-3,6,9H,4-5,7H2,1H3. The number of methoxy groups -OCH3 is 1. The molecule has 102 valence electrons. The van der Waals surface area contributed by atoms with Crippen LogP contribution >= 0.6 is 11.6 Å². The molecule has 6 nitrogen and oxygen atoms in total. The van der Waals surface area contributed by atoms with Crippen molar-refractivity contribution < 1.29 is 19.1 Å². The normalized spacial score (nSPS) is 19.1. The first kappa shape index (κ1) is 13.8. The lowest BCUT2D eigenvalue weighted by Crippen LogP contribution is -2.48. The molecule has 0 aliphatic carbocycles. The molecule has 0 radical (unpaired) electrons. The second-order valence-electron chi connectivity index (χ2n) is 4.00. The third-order valence-electron chi connectivity index (χ3n) is 2.79. The maximum absolute atomic E-state index is 12.2. The van der Waals surface area contributed by atoms with Crippen LogP contribution in [0, 0.1) is 0 Å². The van der Waals surface area contributed by atoms with Crippen LogP contribution in [0.5, 0.6) is 0 Å². The highest BCUT2D eigenvalue weighted by Crippen LogP contribution is 2.12. The van der Waals surface area contributed by atoms with Crippen LogP contribution in [0.1, 0.15) is 10.4 Å². The van der Waals surface area contributed by atoms with E-state index in [4.69, 9.17) is 16.3 Å². The quantitative estimate of drug-likeness (QED) is 0.592. The molecule has 0 aromatic carbocycles. The van der Waals surface area contributed by atoms with E-state index in [1.807, 2.05) is 0 Å². The lowest BCUT2D eigenvalue weighted by atomic mass is 10.2. The Balaban J connectivity index is 2.06. The molecule has 1 aliphatic heterocycles. The lowest BCUT2D eigenvalue weighted by molar-refractivity contribution is -0.158. The first-order valence-electron chi connectivity index (χ1n) is 5.72. The molecule has 1 amide bonds. The van der Waals surface area contributed by atoms with E-state index in [9.17, 15) is 9.59 Å². The summed E-state index contributed by atoms with van der Waals surface area (Å²) in [6.07, 6.45) is 0.677. The fourth-order valence-electron chi connectivity index (χ4n) is 1.79. The van der Waals surface area contributed by atoms with Gasteiger partial charge in [0.25, 0.3) is 5.91 Å². The molecule has 1 aromatic rings. The van der Waals surface area contributed by atoms with Crippen LogP contribution in [0.2, 0.25) is 5.15 Å². The molecule has 1 aliphatic rings. The van der Waals surface area contributed by atoms with Gasteiger partial charge in [-0.1, -0.05) is 11.6 Å². The van der Waals surface area contributed by atoms with E-state index in [-0.39, 0.29) is 12.5 Å². The summed E-state index contributed by atoms with van der Waals surface area (Å²) >= 11 is 5.67. The Hall–Kier alpha value is -1.66. The zero-order valence-electron chi connectivity index (χ0n) is 10.3. The van der Waals surface area contributed by atoms with E-state index in [1.165, 1.54) is 18.2 Å². The summed E-state index contributed by atoms with van der Waals surface area (Å²) in [5.41, 5.74) is 0.426. The number of carbonyl (C=O) groups excluding carboxylic acids is 2. The Morgan fingerprint density at radius 3 is 2.95 bits per heavy atom. The first-order valence-corrected chi connectivity index (χ1v) is 6.10. The van der Waals surface area contributed by atoms with E-state index in [0.29, 0.717) is 23.9 Å². The Morgan fingerprint density at radius 2 is 2.32 bits per heavy atom. The van der Waals surface area contributed by atoms with Gasteiger partial charge >= 0.3 is 5.97 Å². The van der Waals surface area contributed by atoms with Crippen LogP contribution in [0.4, 0.5) is 0 Å². The number of amides is 1. The molecule has 1 aromatic heterocycles. The zero-order valence-corrected chi connectivity index (χ0v) is 11.1. The van der Waals surface area contributed by atoms with Crippen LogP contribution in [-0.2, 0) is 14.3 Å². The molecule has 19 heavy (non-hydrogen) atoms. The molecule has 2 heterocycles. The van der Waals surface area contributed by atoms with Gasteiger partial charge in [0.15, 0.2) is 6.10 Å². The summed E-state index contributed by atoms with van der Waals surface area (Å²) in [6, 6.07) is 3.15.